The van der Waals surface area contributed by atoms with Crippen LogP contribution in [0.2, 0.25) is 0 Å². The first kappa shape index (κ1) is 26.6. The summed E-state index contributed by atoms with van der Waals surface area (Å²) in [6.45, 7) is 5.63. The van der Waals surface area contributed by atoms with Crippen LogP contribution in [0.1, 0.15) is 68.8 Å². The van der Waals surface area contributed by atoms with Gasteiger partial charge < -0.3 is 14.6 Å². The highest BCUT2D eigenvalue weighted by atomic mass is 19.1. The molecule has 0 unspecified atom stereocenters. The maximum atomic E-state index is 15.7. The number of rotatable bonds is 10. The predicted octanol–water partition coefficient (Wildman–Crippen LogP) is 8.11. The molecule has 6 heteroatoms. The van der Waals surface area contributed by atoms with Crippen LogP contribution in [-0.2, 0) is 11.4 Å². The highest BCUT2D eigenvalue weighted by molar-refractivity contribution is 5.71. The number of hydrogen-bond donors (Lipinski definition) is 1. The van der Waals surface area contributed by atoms with Gasteiger partial charge in [0.2, 0.25) is 0 Å². The van der Waals surface area contributed by atoms with Crippen LogP contribution in [0.3, 0.4) is 0 Å². The van der Waals surface area contributed by atoms with Crippen molar-refractivity contribution in [2.45, 2.75) is 58.7 Å². The second-order valence-corrected chi connectivity index (χ2v) is 10.9. The Morgan fingerprint density at radius 2 is 1.78 bits per heavy atom. The van der Waals surface area contributed by atoms with Gasteiger partial charge in [0.1, 0.15) is 30.1 Å². The zero-order chi connectivity index (χ0) is 26.7. The van der Waals surface area contributed by atoms with Gasteiger partial charge in [-0.05, 0) is 88.7 Å². The molecule has 0 bridgehead atoms. The summed E-state index contributed by atoms with van der Waals surface area (Å²) in [4.78, 5) is 11.4. The summed E-state index contributed by atoms with van der Waals surface area (Å²) >= 11 is 0. The van der Waals surface area contributed by atoms with Crippen molar-refractivity contribution >= 4 is 5.97 Å². The van der Waals surface area contributed by atoms with Gasteiger partial charge in [-0.3, -0.25) is 4.79 Å². The van der Waals surface area contributed by atoms with Crippen LogP contribution < -0.4 is 9.47 Å². The van der Waals surface area contributed by atoms with Crippen molar-refractivity contribution in [1.29, 1.82) is 0 Å². The van der Waals surface area contributed by atoms with Gasteiger partial charge >= 0.3 is 5.97 Å². The first-order valence-electron chi connectivity index (χ1n) is 12.6. The molecule has 1 saturated carbocycles. The van der Waals surface area contributed by atoms with Gasteiger partial charge in [0.25, 0.3) is 0 Å². The van der Waals surface area contributed by atoms with Crippen molar-refractivity contribution in [3.8, 4) is 22.6 Å². The first-order chi connectivity index (χ1) is 17.6. The standard InChI is InChI=1S/C31H34F2O4/c1-31(2,3)30(33)27-14-19(8-12-24(27)26-16-22(36-4)11-13-28(26)32)18-37-23-7-5-6-21(15-23)25(17-29(34)35)20-9-10-20/h5-8,11-16,20,25,30H,9-10,17-18H2,1-4H3,(H,34,35)/t25-,30-/m1/s1. The number of carboxylic acids is 1. The summed E-state index contributed by atoms with van der Waals surface area (Å²) in [5.74, 6) is 0.249. The van der Waals surface area contributed by atoms with E-state index in [4.69, 9.17) is 9.47 Å². The number of ether oxygens (including phenoxy) is 2. The number of carbonyl (C=O) groups is 1. The molecule has 0 aliphatic heterocycles. The number of hydrogen-bond acceptors (Lipinski definition) is 3. The largest absolute Gasteiger partial charge is 0.497 e. The molecule has 1 fully saturated rings. The van der Waals surface area contributed by atoms with Crippen molar-refractivity contribution in [2.24, 2.45) is 11.3 Å². The molecule has 1 aliphatic rings. The topological polar surface area (TPSA) is 55.8 Å². The molecule has 0 amide bonds. The minimum atomic E-state index is -1.34. The molecule has 0 saturated heterocycles. The predicted molar refractivity (Wildman–Crippen MR) is 140 cm³/mol. The lowest BCUT2D eigenvalue weighted by Crippen LogP contribution is -2.15. The normalized spacial score (nSPS) is 15.2. The Balaban J connectivity index is 1.61. The fourth-order valence-electron chi connectivity index (χ4n) is 4.71. The Labute approximate surface area is 217 Å². The van der Waals surface area contributed by atoms with Gasteiger partial charge in [-0.15, -0.1) is 0 Å². The van der Waals surface area contributed by atoms with Crippen LogP contribution in [-0.4, -0.2) is 18.2 Å². The van der Waals surface area contributed by atoms with Gasteiger partial charge in [0, 0.05) is 5.56 Å². The average Bonchev–Trinajstić information content (AvgIpc) is 3.71. The van der Waals surface area contributed by atoms with Gasteiger partial charge in [-0.1, -0.05) is 45.0 Å². The molecule has 0 spiro atoms. The minimum absolute atomic E-state index is 0.0243. The molecule has 3 aromatic carbocycles. The van der Waals surface area contributed by atoms with E-state index in [1.807, 2.05) is 51.1 Å². The Kier molecular flexibility index (Phi) is 7.86. The molecule has 1 aliphatic carbocycles. The molecule has 0 radical (unpaired) electrons. The molecule has 1 N–H and O–H groups in total. The number of aliphatic carboxylic acids is 1. The number of carboxylic acid groups (broad SMARTS) is 1. The minimum Gasteiger partial charge on any atom is -0.497 e. The van der Waals surface area contributed by atoms with E-state index in [1.54, 1.807) is 18.2 Å². The van der Waals surface area contributed by atoms with E-state index in [0.717, 1.165) is 24.0 Å². The monoisotopic (exact) mass is 508 g/mol. The van der Waals surface area contributed by atoms with Crippen molar-refractivity contribution < 1.29 is 28.2 Å². The molecular formula is C31H34F2O4. The molecule has 3 aromatic rings. The van der Waals surface area contributed by atoms with Crippen LogP contribution in [0.15, 0.2) is 60.7 Å². The fourth-order valence-corrected chi connectivity index (χ4v) is 4.71. The number of alkyl halides is 1. The third-order valence-corrected chi connectivity index (χ3v) is 6.89. The zero-order valence-electron chi connectivity index (χ0n) is 21.8. The quantitative estimate of drug-likeness (QED) is 0.301. The highest BCUT2D eigenvalue weighted by Crippen LogP contribution is 2.45. The molecule has 4 rings (SSSR count). The summed E-state index contributed by atoms with van der Waals surface area (Å²) in [6.07, 6.45) is 0.852. The molecular weight excluding hydrogens is 474 g/mol. The average molecular weight is 509 g/mol. The lowest BCUT2D eigenvalue weighted by molar-refractivity contribution is -0.137. The Hall–Kier alpha value is -3.41. The van der Waals surface area contributed by atoms with Crippen LogP contribution in [0.4, 0.5) is 8.78 Å². The lowest BCUT2D eigenvalue weighted by atomic mass is 9.82. The van der Waals surface area contributed by atoms with Crippen molar-refractivity contribution in [2.75, 3.05) is 7.11 Å². The van der Waals surface area contributed by atoms with Crippen LogP contribution in [0.25, 0.3) is 11.1 Å². The fraction of sp³-hybridized carbons (Fsp3) is 0.387. The van der Waals surface area contributed by atoms with E-state index < -0.39 is 23.4 Å². The zero-order valence-corrected chi connectivity index (χ0v) is 21.8. The second kappa shape index (κ2) is 10.9. The van der Waals surface area contributed by atoms with E-state index in [-0.39, 0.29) is 24.5 Å². The highest BCUT2D eigenvalue weighted by Gasteiger charge is 2.34. The van der Waals surface area contributed by atoms with Crippen LogP contribution in [0.5, 0.6) is 11.5 Å². The van der Waals surface area contributed by atoms with Gasteiger partial charge in [-0.25, -0.2) is 8.78 Å². The van der Waals surface area contributed by atoms with Crippen molar-refractivity contribution in [3.05, 3.63) is 83.2 Å². The Bertz CT molecular complexity index is 1260. The summed E-state index contributed by atoms with van der Waals surface area (Å²) in [6, 6.07) is 17.3. The number of benzene rings is 3. The van der Waals surface area contributed by atoms with E-state index in [1.165, 1.54) is 19.2 Å². The third-order valence-electron chi connectivity index (χ3n) is 6.89. The van der Waals surface area contributed by atoms with Crippen LogP contribution in [0, 0.1) is 17.2 Å². The summed E-state index contributed by atoms with van der Waals surface area (Å²) in [5.41, 5.74) is 2.17. The summed E-state index contributed by atoms with van der Waals surface area (Å²) < 4.78 is 41.8. The smallest absolute Gasteiger partial charge is 0.303 e. The van der Waals surface area contributed by atoms with Crippen molar-refractivity contribution in [3.63, 3.8) is 0 Å². The van der Waals surface area contributed by atoms with Gasteiger partial charge in [0.15, 0.2) is 0 Å². The number of halogens is 2. The van der Waals surface area contributed by atoms with E-state index in [0.29, 0.717) is 28.5 Å². The van der Waals surface area contributed by atoms with E-state index in [2.05, 4.69) is 0 Å². The van der Waals surface area contributed by atoms with E-state index in [9.17, 15) is 14.3 Å². The molecule has 37 heavy (non-hydrogen) atoms. The van der Waals surface area contributed by atoms with Gasteiger partial charge in [-0.2, -0.15) is 0 Å². The van der Waals surface area contributed by atoms with E-state index >= 15 is 4.39 Å². The third kappa shape index (κ3) is 6.48. The first-order valence-corrected chi connectivity index (χ1v) is 12.6. The van der Waals surface area contributed by atoms with Crippen molar-refractivity contribution in [1.82, 2.24) is 0 Å². The maximum Gasteiger partial charge on any atom is 0.303 e. The maximum absolute atomic E-state index is 15.7. The van der Waals surface area contributed by atoms with Gasteiger partial charge in [0.05, 0.1) is 13.5 Å². The number of methoxy groups -OCH3 is 1. The molecule has 2 atom stereocenters. The molecule has 4 nitrogen and oxygen atoms in total. The lowest BCUT2D eigenvalue weighted by Gasteiger charge is -2.27. The Morgan fingerprint density at radius 1 is 1.03 bits per heavy atom. The molecule has 0 heterocycles. The molecule has 196 valence electrons. The Morgan fingerprint density at radius 3 is 2.43 bits per heavy atom. The van der Waals surface area contributed by atoms with Crippen LogP contribution >= 0.6 is 0 Å². The summed E-state index contributed by atoms with van der Waals surface area (Å²) in [5, 5.41) is 9.33. The second-order valence-electron chi connectivity index (χ2n) is 10.9. The SMILES string of the molecule is COc1ccc(F)c(-c2ccc(COc3cccc([C@H](CC(=O)O)C4CC4)c3)cc2[C@@H](F)C(C)(C)C)c1. The summed E-state index contributed by atoms with van der Waals surface area (Å²) in [7, 11) is 1.51. The molecule has 0 aromatic heterocycles.